The minimum absolute atomic E-state index is 0.362. The Kier molecular flexibility index (Phi) is 16.0. The highest BCUT2D eigenvalue weighted by Crippen LogP contribution is 2.19. The van der Waals surface area contributed by atoms with Crippen LogP contribution in [0.25, 0.3) is 0 Å². The van der Waals surface area contributed by atoms with Crippen LogP contribution in [0.15, 0.2) is 0 Å². The zero-order valence-corrected chi connectivity index (χ0v) is 17.4. The van der Waals surface area contributed by atoms with Crippen LogP contribution in [-0.2, 0) is 10.1 Å². The fraction of sp³-hybridized carbons (Fsp3) is 1.00. The molecule has 0 saturated heterocycles. The number of hydrogen-bond acceptors (Lipinski definition) is 3. The van der Waals surface area contributed by atoms with Gasteiger partial charge in [-0.05, 0) is 25.7 Å². The second-order valence-corrected chi connectivity index (χ2v) is 9.18. The largest absolute Gasteiger partial charge is 0.393 e. The quantitative estimate of drug-likeness (QED) is 0.230. The maximum Gasteiger partial charge on any atom is 0.267 e. The molecule has 2 unspecified atom stereocenters. The van der Waals surface area contributed by atoms with Crippen LogP contribution in [0.4, 0.5) is 0 Å². The topological polar surface area (TPSA) is 74.6 Å². The summed E-state index contributed by atoms with van der Waals surface area (Å²) < 4.78 is 32.2. The van der Waals surface area contributed by atoms with Crippen molar-refractivity contribution in [2.45, 2.75) is 128 Å². The second-order valence-electron chi connectivity index (χ2n) is 7.48. The van der Waals surface area contributed by atoms with E-state index in [0.717, 1.165) is 38.5 Å². The summed E-state index contributed by atoms with van der Waals surface area (Å²) in [7, 11) is -3.99. The Balaban J connectivity index is 3.73. The molecule has 0 rings (SSSR count). The van der Waals surface area contributed by atoms with Crippen molar-refractivity contribution in [2.75, 3.05) is 0 Å². The Morgan fingerprint density at radius 1 is 0.640 bits per heavy atom. The van der Waals surface area contributed by atoms with Gasteiger partial charge in [-0.3, -0.25) is 4.55 Å². The SMILES string of the molecule is CCCCCCCCCCCC(O)CCC(CCCCC)S(=O)(=O)O. The molecule has 152 valence electrons. The summed E-state index contributed by atoms with van der Waals surface area (Å²) in [6.07, 6.45) is 15.7. The van der Waals surface area contributed by atoms with Crippen molar-refractivity contribution >= 4 is 10.1 Å². The Labute approximate surface area is 156 Å². The molecule has 25 heavy (non-hydrogen) atoms. The first-order valence-corrected chi connectivity index (χ1v) is 12.1. The van der Waals surface area contributed by atoms with E-state index >= 15 is 0 Å². The Hall–Kier alpha value is -0.130. The lowest BCUT2D eigenvalue weighted by Gasteiger charge is -2.16. The Bertz CT molecular complexity index is 381. The molecule has 0 bridgehead atoms. The molecule has 0 aromatic carbocycles. The highest BCUT2D eigenvalue weighted by atomic mass is 32.2. The molecule has 0 heterocycles. The first kappa shape index (κ1) is 24.9. The van der Waals surface area contributed by atoms with Crippen LogP contribution < -0.4 is 0 Å². The molecular weight excluding hydrogens is 336 g/mol. The monoisotopic (exact) mass is 378 g/mol. The van der Waals surface area contributed by atoms with E-state index in [1.165, 1.54) is 44.9 Å². The van der Waals surface area contributed by atoms with Gasteiger partial charge in [-0.15, -0.1) is 0 Å². The smallest absolute Gasteiger partial charge is 0.267 e. The lowest BCUT2D eigenvalue weighted by atomic mass is 10.0. The zero-order valence-electron chi connectivity index (χ0n) is 16.6. The number of aliphatic hydroxyl groups is 1. The molecule has 0 aromatic rings. The average Bonchev–Trinajstić information content (AvgIpc) is 2.55. The molecule has 0 fully saturated rings. The van der Waals surface area contributed by atoms with Crippen molar-refractivity contribution in [1.29, 1.82) is 0 Å². The summed E-state index contributed by atoms with van der Waals surface area (Å²) in [6, 6.07) is 0. The van der Waals surface area contributed by atoms with Crippen LogP contribution in [0.3, 0.4) is 0 Å². The molecule has 2 atom stereocenters. The molecule has 0 saturated carbocycles. The van der Waals surface area contributed by atoms with E-state index in [0.29, 0.717) is 19.3 Å². The van der Waals surface area contributed by atoms with E-state index in [4.69, 9.17) is 0 Å². The first-order chi connectivity index (χ1) is 11.9. The number of rotatable bonds is 18. The number of unbranched alkanes of at least 4 members (excludes halogenated alkanes) is 10. The lowest BCUT2D eigenvalue weighted by Crippen LogP contribution is -2.22. The van der Waals surface area contributed by atoms with Crippen LogP contribution in [0.1, 0.15) is 117 Å². The zero-order chi connectivity index (χ0) is 19.0. The van der Waals surface area contributed by atoms with Crippen LogP contribution in [-0.4, -0.2) is 29.4 Å². The van der Waals surface area contributed by atoms with Crippen LogP contribution >= 0.6 is 0 Å². The third-order valence-electron chi connectivity index (χ3n) is 5.01. The molecule has 4 nitrogen and oxygen atoms in total. The molecule has 0 spiro atoms. The van der Waals surface area contributed by atoms with Crippen LogP contribution in [0, 0.1) is 0 Å². The van der Waals surface area contributed by atoms with Gasteiger partial charge in [0, 0.05) is 0 Å². The maximum absolute atomic E-state index is 11.4. The minimum Gasteiger partial charge on any atom is -0.393 e. The van der Waals surface area contributed by atoms with Gasteiger partial charge in [-0.1, -0.05) is 90.9 Å². The normalized spacial score (nSPS) is 14.6. The van der Waals surface area contributed by atoms with Gasteiger partial charge >= 0.3 is 0 Å². The van der Waals surface area contributed by atoms with Crippen molar-refractivity contribution in [2.24, 2.45) is 0 Å². The summed E-state index contributed by atoms with van der Waals surface area (Å²) in [4.78, 5) is 0. The Morgan fingerprint density at radius 2 is 1.08 bits per heavy atom. The van der Waals surface area contributed by atoms with Gasteiger partial charge in [0.1, 0.15) is 0 Å². The molecule has 2 N–H and O–H groups in total. The average molecular weight is 379 g/mol. The highest BCUT2D eigenvalue weighted by molar-refractivity contribution is 7.86. The van der Waals surface area contributed by atoms with Crippen molar-refractivity contribution in [3.05, 3.63) is 0 Å². The summed E-state index contributed by atoms with van der Waals surface area (Å²) in [5, 5.41) is 9.35. The van der Waals surface area contributed by atoms with E-state index < -0.39 is 21.5 Å². The van der Waals surface area contributed by atoms with Crippen molar-refractivity contribution in [3.8, 4) is 0 Å². The van der Waals surface area contributed by atoms with E-state index in [9.17, 15) is 18.1 Å². The molecule has 0 amide bonds. The fourth-order valence-corrected chi connectivity index (χ4v) is 4.18. The molecule has 0 aliphatic carbocycles. The van der Waals surface area contributed by atoms with Gasteiger partial charge in [-0.25, -0.2) is 0 Å². The third-order valence-corrected chi connectivity index (χ3v) is 6.33. The van der Waals surface area contributed by atoms with Gasteiger partial charge in [0.15, 0.2) is 0 Å². The first-order valence-electron chi connectivity index (χ1n) is 10.6. The summed E-state index contributed by atoms with van der Waals surface area (Å²) >= 11 is 0. The Morgan fingerprint density at radius 3 is 1.60 bits per heavy atom. The predicted molar refractivity (Wildman–Crippen MR) is 107 cm³/mol. The van der Waals surface area contributed by atoms with Gasteiger partial charge < -0.3 is 5.11 Å². The van der Waals surface area contributed by atoms with Gasteiger partial charge in [0.2, 0.25) is 0 Å². The minimum atomic E-state index is -3.99. The van der Waals surface area contributed by atoms with Crippen molar-refractivity contribution in [1.82, 2.24) is 0 Å². The summed E-state index contributed by atoms with van der Waals surface area (Å²) in [5.41, 5.74) is 0. The summed E-state index contributed by atoms with van der Waals surface area (Å²) in [5.74, 6) is 0. The summed E-state index contributed by atoms with van der Waals surface area (Å²) in [6.45, 7) is 4.30. The number of hydrogen-bond donors (Lipinski definition) is 2. The molecule has 0 radical (unpaired) electrons. The van der Waals surface area contributed by atoms with Crippen molar-refractivity contribution < 1.29 is 18.1 Å². The van der Waals surface area contributed by atoms with Crippen molar-refractivity contribution in [3.63, 3.8) is 0 Å². The van der Waals surface area contributed by atoms with Crippen LogP contribution in [0.5, 0.6) is 0 Å². The third kappa shape index (κ3) is 15.8. The predicted octanol–water partition coefficient (Wildman–Crippen LogP) is 5.89. The van der Waals surface area contributed by atoms with E-state index in [2.05, 4.69) is 13.8 Å². The molecule has 0 aliphatic rings. The van der Waals surface area contributed by atoms with E-state index in [1.807, 2.05) is 0 Å². The molecule has 5 heteroatoms. The molecule has 0 aliphatic heterocycles. The van der Waals surface area contributed by atoms with Gasteiger partial charge in [0.05, 0.1) is 11.4 Å². The van der Waals surface area contributed by atoms with Gasteiger partial charge in [0.25, 0.3) is 10.1 Å². The molecule has 0 aromatic heterocycles. The van der Waals surface area contributed by atoms with Crippen LogP contribution in [0.2, 0.25) is 0 Å². The second kappa shape index (κ2) is 16.1. The van der Waals surface area contributed by atoms with E-state index in [-0.39, 0.29) is 0 Å². The highest BCUT2D eigenvalue weighted by Gasteiger charge is 2.23. The van der Waals surface area contributed by atoms with Gasteiger partial charge in [-0.2, -0.15) is 8.42 Å². The standard InChI is InChI=1S/C20H42O4S/c1-3-5-7-8-9-10-11-12-14-15-19(21)17-18-20(25(22,23)24)16-13-6-4-2/h19-21H,3-18H2,1-2H3,(H,22,23,24). The maximum atomic E-state index is 11.4. The molecular formula is C20H42O4S. The lowest BCUT2D eigenvalue weighted by molar-refractivity contribution is 0.147. The number of aliphatic hydroxyl groups excluding tert-OH is 1. The van der Waals surface area contributed by atoms with E-state index in [1.54, 1.807) is 0 Å². The fourth-order valence-electron chi connectivity index (χ4n) is 3.28.